The highest BCUT2D eigenvalue weighted by atomic mass is 16.4. The topological polar surface area (TPSA) is 223 Å². The zero-order valence-corrected chi connectivity index (χ0v) is 28.0. The van der Waals surface area contributed by atoms with Gasteiger partial charge in [0.1, 0.15) is 18.1 Å². The van der Waals surface area contributed by atoms with E-state index in [2.05, 4.69) is 26.6 Å². The molecule has 0 saturated carbocycles. The monoisotopic (exact) mass is 659 g/mol. The molecular formula is C32H61N5O9. The Bertz CT molecular complexity index is 960. The van der Waals surface area contributed by atoms with Crippen LogP contribution in [-0.4, -0.2) is 94.2 Å². The van der Waals surface area contributed by atoms with Gasteiger partial charge in [0.15, 0.2) is 0 Å². The van der Waals surface area contributed by atoms with Crippen LogP contribution in [0.25, 0.3) is 0 Å². The van der Waals surface area contributed by atoms with Gasteiger partial charge in [0.2, 0.25) is 29.5 Å². The minimum absolute atomic E-state index is 0. The molecule has 46 heavy (non-hydrogen) atoms. The normalized spacial score (nSPS) is 14.9. The van der Waals surface area contributed by atoms with Crippen LogP contribution in [0, 0.1) is 17.8 Å². The van der Waals surface area contributed by atoms with Crippen LogP contribution in [-0.2, 0) is 28.8 Å². The fraction of sp³-hybridized carbons (Fsp3) is 0.812. The van der Waals surface area contributed by atoms with Crippen molar-refractivity contribution in [1.82, 2.24) is 26.6 Å². The average molecular weight is 660 g/mol. The van der Waals surface area contributed by atoms with Gasteiger partial charge in [-0.2, -0.15) is 0 Å². The molecule has 0 fully saturated rings. The maximum atomic E-state index is 13.4. The van der Waals surface area contributed by atoms with E-state index in [4.69, 9.17) is 10.2 Å². The van der Waals surface area contributed by atoms with Crippen molar-refractivity contribution in [3.05, 3.63) is 0 Å². The van der Waals surface area contributed by atoms with Crippen molar-refractivity contribution < 1.29 is 44.1 Å². The zero-order chi connectivity index (χ0) is 34.7. The second-order valence-corrected chi connectivity index (χ2v) is 12.3. The lowest BCUT2D eigenvalue weighted by Crippen LogP contribution is -2.58. The van der Waals surface area contributed by atoms with Gasteiger partial charge in [0.05, 0.1) is 25.2 Å². The van der Waals surface area contributed by atoms with Gasteiger partial charge < -0.3 is 41.9 Å². The van der Waals surface area contributed by atoms with Crippen molar-refractivity contribution >= 4 is 35.5 Å². The molecule has 0 aliphatic heterocycles. The minimum Gasteiger partial charge on any atom is -0.481 e. The number of rotatable bonds is 23. The minimum atomic E-state index is -1.29. The third-order valence-corrected chi connectivity index (χ3v) is 7.41. The van der Waals surface area contributed by atoms with E-state index in [9.17, 15) is 33.9 Å². The lowest BCUT2D eigenvalue weighted by Gasteiger charge is -2.30. The Kier molecular flexibility index (Phi) is 23.4. The molecule has 0 aromatic rings. The molecule has 14 nitrogen and oxygen atoms in total. The average Bonchev–Trinajstić information content (AvgIpc) is 2.95. The Labute approximate surface area is 274 Å². The zero-order valence-electron chi connectivity index (χ0n) is 28.0. The molecule has 0 bridgehead atoms. The molecule has 0 rings (SSSR count). The van der Waals surface area contributed by atoms with Crippen LogP contribution in [0.1, 0.15) is 107 Å². The number of hydrogen-bond donors (Lipinski definition) is 8. The molecule has 0 heterocycles. The van der Waals surface area contributed by atoms with Crippen LogP contribution >= 0.6 is 0 Å². The van der Waals surface area contributed by atoms with Crippen molar-refractivity contribution in [3.63, 3.8) is 0 Å². The molecule has 268 valence electrons. The Morgan fingerprint density at radius 1 is 0.761 bits per heavy atom. The second kappa shape index (κ2) is 24.0. The van der Waals surface area contributed by atoms with Crippen LogP contribution in [0.3, 0.4) is 0 Å². The summed E-state index contributed by atoms with van der Waals surface area (Å²) in [6, 6.07) is -3.63. The van der Waals surface area contributed by atoms with E-state index < -0.39 is 65.8 Å². The molecule has 6 atom stereocenters. The summed E-state index contributed by atoms with van der Waals surface area (Å²) in [4.78, 5) is 75.2. The Morgan fingerprint density at radius 3 is 1.87 bits per heavy atom. The van der Waals surface area contributed by atoms with Crippen molar-refractivity contribution in [1.29, 1.82) is 0 Å². The molecule has 0 spiro atoms. The number of amides is 5. The predicted octanol–water partition coefficient (Wildman–Crippen LogP) is 1.22. The van der Waals surface area contributed by atoms with Gasteiger partial charge in [0, 0.05) is 19.4 Å². The summed E-state index contributed by atoms with van der Waals surface area (Å²) in [5, 5.41) is 42.2. The first-order valence-corrected chi connectivity index (χ1v) is 16.0. The van der Waals surface area contributed by atoms with Crippen LogP contribution in [0.2, 0.25) is 0 Å². The highest BCUT2D eigenvalue weighted by molar-refractivity contribution is 5.92. The molecule has 0 unspecified atom stereocenters. The number of carboxylic acid groups (broad SMARTS) is 1. The van der Waals surface area contributed by atoms with E-state index in [0.717, 1.165) is 0 Å². The van der Waals surface area contributed by atoms with E-state index in [-0.39, 0.29) is 70.4 Å². The number of carbonyl (C=O) groups is 6. The fourth-order valence-corrected chi connectivity index (χ4v) is 4.66. The summed E-state index contributed by atoms with van der Waals surface area (Å²) in [5.74, 6) is -4.12. The van der Waals surface area contributed by atoms with Gasteiger partial charge in [-0.1, -0.05) is 68.7 Å². The van der Waals surface area contributed by atoms with Gasteiger partial charge in [-0.15, -0.1) is 0 Å². The van der Waals surface area contributed by atoms with Crippen molar-refractivity contribution in [2.24, 2.45) is 17.8 Å². The van der Waals surface area contributed by atoms with E-state index in [1.165, 1.54) is 0 Å². The van der Waals surface area contributed by atoms with Crippen molar-refractivity contribution in [3.8, 4) is 0 Å². The quantitative estimate of drug-likeness (QED) is 0.0789. The third kappa shape index (κ3) is 18.0. The van der Waals surface area contributed by atoms with Crippen LogP contribution < -0.4 is 26.6 Å². The molecule has 5 amide bonds. The molecule has 8 N–H and O–H groups in total. The molecule has 0 radical (unpaired) electrons. The number of hydrogen-bond acceptors (Lipinski definition) is 8. The van der Waals surface area contributed by atoms with Crippen molar-refractivity contribution in [2.75, 3.05) is 13.2 Å². The smallest absolute Gasteiger partial charge is 0.303 e. The van der Waals surface area contributed by atoms with Crippen LogP contribution in [0.15, 0.2) is 0 Å². The Hall–Kier alpha value is -3.26. The lowest BCUT2D eigenvalue weighted by molar-refractivity contribution is -0.137. The molecular weight excluding hydrogens is 598 g/mol. The molecule has 0 aliphatic rings. The van der Waals surface area contributed by atoms with E-state index >= 15 is 0 Å². The van der Waals surface area contributed by atoms with Gasteiger partial charge in [-0.25, -0.2) is 0 Å². The van der Waals surface area contributed by atoms with Crippen LogP contribution in [0.5, 0.6) is 0 Å². The molecule has 14 heteroatoms. The number of nitrogens with one attached hydrogen (secondary N) is 5. The number of aliphatic hydroxyl groups is 2. The summed E-state index contributed by atoms with van der Waals surface area (Å²) in [7, 11) is 0. The maximum Gasteiger partial charge on any atom is 0.303 e. The number of carbonyl (C=O) groups excluding carboxylic acids is 5. The SMILES string of the molecule is C.CCC[C@H](NC(=O)[C@@H](NC(=O)CCCC(=O)O)[C@H](C)CC)C(=O)N[C@@H](CC(C)C)[C@@H](O)CC(=O)N[C@H](C(=O)NCCO)C(C)C. The number of aliphatic hydroxyl groups excluding tert-OH is 2. The Balaban J connectivity index is 0. The molecule has 0 saturated heterocycles. The highest BCUT2D eigenvalue weighted by Gasteiger charge is 2.33. The number of carboxylic acids is 1. The summed E-state index contributed by atoms with van der Waals surface area (Å²) in [6.45, 7) is 12.6. The first-order chi connectivity index (χ1) is 21.1. The summed E-state index contributed by atoms with van der Waals surface area (Å²) < 4.78 is 0. The van der Waals surface area contributed by atoms with Gasteiger partial charge in [0.25, 0.3) is 0 Å². The third-order valence-electron chi connectivity index (χ3n) is 7.41. The van der Waals surface area contributed by atoms with E-state index in [1.54, 1.807) is 20.8 Å². The summed E-state index contributed by atoms with van der Waals surface area (Å²) in [6.07, 6.45) is -0.0607. The standard InChI is InChI=1S/C31H57N5O9.CH4/c1-8-11-21(33-31(45)28(20(7)9-2)35-24(39)12-10-13-26(41)42)29(43)34-22(16-18(3)4)23(38)17-25(40)36-27(19(5)6)30(44)32-14-15-37;/h18-23,27-28,37-38H,8-17H2,1-7H3,(H,32,44)(H,33,45)(H,34,43)(H,35,39)(H,36,40)(H,41,42);1H4/t20-,21+,22+,23+,27+,28+;/m1./s1. The highest BCUT2D eigenvalue weighted by Crippen LogP contribution is 2.14. The lowest BCUT2D eigenvalue weighted by atomic mass is 9.95. The van der Waals surface area contributed by atoms with Gasteiger partial charge >= 0.3 is 5.97 Å². The van der Waals surface area contributed by atoms with Gasteiger partial charge in [-0.05, 0) is 37.0 Å². The Morgan fingerprint density at radius 2 is 1.37 bits per heavy atom. The first-order valence-electron chi connectivity index (χ1n) is 16.0. The van der Waals surface area contributed by atoms with E-state index in [0.29, 0.717) is 19.3 Å². The number of aliphatic carboxylic acids is 1. The van der Waals surface area contributed by atoms with Gasteiger partial charge in [-0.3, -0.25) is 28.8 Å². The molecule has 0 aromatic carbocycles. The second-order valence-electron chi connectivity index (χ2n) is 12.3. The maximum absolute atomic E-state index is 13.4. The van der Waals surface area contributed by atoms with Crippen LogP contribution in [0.4, 0.5) is 0 Å². The molecule has 0 aliphatic carbocycles. The largest absolute Gasteiger partial charge is 0.481 e. The first kappa shape index (κ1) is 44.9. The molecule has 0 aromatic heterocycles. The summed E-state index contributed by atoms with van der Waals surface area (Å²) in [5.41, 5.74) is 0. The predicted molar refractivity (Wildman–Crippen MR) is 175 cm³/mol. The fourth-order valence-electron chi connectivity index (χ4n) is 4.66. The summed E-state index contributed by atoms with van der Waals surface area (Å²) >= 11 is 0. The van der Waals surface area contributed by atoms with E-state index in [1.807, 2.05) is 27.7 Å². The van der Waals surface area contributed by atoms with Crippen molar-refractivity contribution in [2.45, 2.75) is 138 Å².